The monoisotopic (exact) mass is 297 g/mol. The number of amides is 1. The predicted molar refractivity (Wildman–Crippen MR) is 83.6 cm³/mol. The Labute approximate surface area is 125 Å². The Morgan fingerprint density at radius 2 is 1.95 bits per heavy atom. The van der Waals surface area contributed by atoms with Crippen LogP contribution in [-0.4, -0.2) is 30.6 Å². The minimum atomic E-state index is 0.0304. The first kappa shape index (κ1) is 16.7. The van der Waals surface area contributed by atoms with Crippen molar-refractivity contribution in [2.75, 3.05) is 20.0 Å². The average molecular weight is 297 g/mol. The van der Waals surface area contributed by atoms with Crippen LogP contribution >= 0.6 is 11.8 Å². The van der Waals surface area contributed by atoms with E-state index in [9.17, 15) is 4.79 Å². The lowest BCUT2D eigenvalue weighted by Crippen LogP contribution is -2.26. The number of nitrogens with one attached hydrogen (secondary N) is 1. The molecule has 1 amide bonds. The highest BCUT2D eigenvalue weighted by molar-refractivity contribution is 8.01. The molecule has 0 aliphatic rings. The van der Waals surface area contributed by atoms with Crippen LogP contribution in [0.2, 0.25) is 0 Å². The first-order valence-corrected chi connectivity index (χ1v) is 7.46. The number of carbonyl (C=O) groups excluding carboxylic acids is 1. The molecule has 0 heterocycles. The number of hydrogen-bond donors (Lipinski definition) is 1. The van der Waals surface area contributed by atoms with Gasteiger partial charge in [0, 0.05) is 22.9 Å². The quantitative estimate of drug-likeness (QED) is 0.877. The van der Waals surface area contributed by atoms with Crippen molar-refractivity contribution >= 4 is 17.7 Å². The van der Waals surface area contributed by atoms with Gasteiger partial charge in [0.2, 0.25) is 5.91 Å². The van der Waals surface area contributed by atoms with Gasteiger partial charge in [-0.05, 0) is 12.1 Å². The van der Waals surface area contributed by atoms with Crippen LogP contribution in [0.3, 0.4) is 0 Å². The van der Waals surface area contributed by atoms with Gasteiger partial charge in [-0.2, -0.15) is 0 Å². The maximum atomic E-state index is 11.8. The molecule has 0 fully saturated rings. The van der Waals surface area contributed by atoms with Crippen LogP contribution < -0.4 is 14.8 Å². The number of rotatable bonds is 6. The van der Waals surface area contributed by atoms with E-state index >= 15 is 0 Å². The van der Waals surface area contributed by atoms with E-state index in [0.717, 1.165) is 11.3 Å². The summed E-state index contributed by atoms with van der Waals surface area (Å²) in [4.78, 5) is 11.8. The van der Waals surface area contributed by atoms with Gasteiger partial charge in [-0.3, -0.25) is 4.79 Å². The molecule has 112 valence electrons. The van der Waals surface area contributed by atoms with Gasteiger partial charge < -0.3 is 14.8 Å². The Balaban J connectivity index is 2.55. The molecule has 0 saturated carbocycles. The number of hydrogen-bond acceptors (Lipinski definition) is 4. The molecule has 20 heavy (non-hydrogen) atoms. The van der Waals surface area contributed by atoms with Gasteiger partial charge in [-0.1, -0.05) is 20.8 Å². The SMILES string of the molecule is COc1ccc(CNC(=O)CSC(C)(C)C)c(OC)c1. The zero-order valence-corrected chi connectivity index (χ0v) is 13.6. The van der Waals surface area contributed by atoms with E-state index in [1.165, 1.54) is 0 Å². The fraction of sp³-hybridized carbons (Fsp3) is 0.533. The van der Waals surface area contributed by atoms with E-state index in [2.05, 4.69) is 26.1 Å². The van der Waals surface area contributed by atoms with Crippen LogP contribution in [-0.2, 0) is 11.3 Å². The summed E-state index contributed by atoms with van der Waals surface area (Å²) in [6.45, 7) is 6.74. The highest BCUT2D eigenvalue weighted by atomic mass is 32.2. The van der Waals surface area contributed by atoms with Crippen molar-refractivity contribution < 1.29 is 14.3 Å². The molecular weight excluding hydrogens is 274 g/mol. The summed E-state index contributed by atoms with van der Waals surface area (Å²) < 4.78 is 10.5. The molecule has 1 aromatic rings. The van der Waals surface area contributed by atoms with Crippen molar-refractivity contribution in [3.8, 4) is 11.5 Å². The van der Waals surface area contributed by atoms with Gasteiger partial charge in [-0.15, -0.1) is 11.8 Å². The van der Waals surface area contributed by atoms with Crippen LogP contribution in [0.5, 0.6) is 11.5 Å². The van der Waals surface area contributed by atoms with Gasteiger partial charge in [0.15, 0.2) is 0 Å². The van der Waals surface area contributed by atoms with Crippen molar-refractivity contribution in [3.63, 3.8) is 0 Å². The van der Waals surface area contributed by atoms with E-state index in [-0.39, 0.29) is 10.7 Å². The minimum Gasteiger partial charge on any atom is -0.497 e. The van der Waals surface area contributed by atoms with Crippen LogP contribution in [0.1, 0.15) is 26.3 Å². The number of methoxy groups -OCH3 is 2. The first-order valence-electron chi connectivity index (χ1n) is 6.47. The molecule has 1 rings (SSSR count). The molecule has 0 aromatic heterocycles. The highest BCUT2D eigenvalue weighted by Gasteiger charge is 2.13. The lowest BCUT2D eigenvalue weighted by Gasteiger charge is -2.17. The fourth-order valence-electron chi connectivity index (χ4n) is 1.52. The Kier molecular flexibility index (Phi) is 6.20. The number of ether oxygens (including phenoxy) is 2. The summed E-state index contributed by atoms with van der Waals surface area (Å²) in [5.74, 6) is 1.94. The third-order valence-electron chi connectivity index (χ3n) is 2.61. The summed E-state index contributed by atoms with van der Waals surface area (Å²) in [5, 5.41) is 2.90. The summed E-state index contributed by atoms with van der Waals surface area (Å²) in [7, 11) is 3.22. The molecule has 0 bridgehead atoms. The highest BCUT2D eigenvalue weighted by Crippen LogP contribution is 2.25. The first-order chi connectivity index (χ1) is 9.35. The average Bonchev–Trinajstić information content (AvgIpc) is 2.41. The Hall–Kier alpha value is -1.36. The molecule has 0 spiro atoms. The lowest BCUT2D eigenvalue weighted by atomic mass is 10.2. The number of thioether (sulfide) groups is 1. The Morgan fingerprint density at radius 3 is 2.50 bits per heavy atom. The molecular formula is C15H23NO3S. The van der Waals surface area contributed by atoms with Gasteiger partial charge in [0.25, 0.3) is 0 Å². The standard InChI is InChI=1S/C15H23NO3S/c1-15(2,3)20-10-14(17)16-9-11-6-7-12(18-4)8-13(11)19-5/h6-8H,9-10H2,1-5H3,(H,16,17). The van der Waals surface area contributed by atoms with E-state index in [4.69, 9.17) is 9.47 Å². The zero-order valence-electron chi connectivity index (χ0n) is 12.8. The maximum Gasteiger partial charge on any atom is 0.230 e. The summed E-state index contributed by atoms with van der Waals surface area (Å²) >= 11 is 1.63. The number of benzene rings is 1. The predicted octanol–water partition coefficient (Wildman–Crippen LogP) is 2.85. The van der Waals surface area contributed by atoms with E-state index < -0.39 is 0 Å². The van der Waals surface area contributed by atoms with Crippen LogP contribution in [0.25, 0.3) is 0 Å². The molecule has 0 saturated heterocycles. The number of carbonyl (C=O) groups is 1. The normalized spacial score (nSPS) is 11.1. The maximum absolute atomic E-state index is 11.8. The van der Waals surface area contributed by atoms with Gasteiger partial charge >= 0.3 is 0 Å². The molecule has 0 aliphatic heterocycles. The molecule has 0 aliphatic carbocycles. The topological polar surface area (TPSA) is 47.6 Å². The van der Waals surface area contributed by atoms with Crippen LogP contribution in [0.15, 0.2) is 18.2 Å². The zero-order chi connectivity index (χ0) is 15.2. The van der Waals surface area contributed by atoms with Crippen LogP contribution in [0, 0.1) is 0 Å². The molecule has 4 nitrogen and oxygen atoms in total. The van der Waals surface area contributed by atoms with Gasteiger partial charge in [0.05, 0.1) is 20.0 Å². The Morgan fingerprint density at radius 1 is 1.25 bits per heavy atom. The second-order valence-electron chi connectivity index (χ2n) is 5.36. The van der Waals surface area contributed by atoms with Gasteiger partial charge in [0.1, 0.15) is 11.5 Å². The summed E-state index contributed by atoms with van der Waals surface area (Å²) in [6, 6.07) is 5.56. The third-order valence-corrected chi connectivity index (χ3v) is 3.88. The molecule has 0 atom stereocenters. The van der Waals surface area contributed by atoms with Gasteiger partial charge in [-0.25, -0.2) is 0 Å². The van der Waals surface area contributed by atoms with Crippen LogP contribution in [0.4, 0.5) is 0 Å². The smallest absolute Gasteiger partial charge is 0.230 e. The van der Waals surface area contributed by atoms with Crippen molar-refractivity contribution in [1.29, 1.82) is 0 Å². The molecule has 0 radical (unpaired) electrons. The van der Waals surface area contributed by atoms with Crippen molar-refractivity contribution in [2.45, 2.75) is 32.1 Å². The van der Waals surface area contributed by atoms with E-state index in [1.807, 2.05) is 18.2 Å². The second kappa shape index (κ2) is 7.43. The molecule has 1 aromatic carbocycles. The second-order valence-corrected chi connectivity index (χ2v) is 7.16. The summed E-state index contributed by atoms with van der Waals surface area (Å²) in [6.07, 6.45) is 0. The largest absolute Gasteiger partial charge is 0.497 e. The molecule has 1 N–H and O–H groups in total. The van der Waals surface area contributed by atoms with E-state index in [0.29, 0.717) is 18.0 Å². The minimum absolute atomic E-state index is 0.0304. The fourth-order valence-corrected chi connectivity index (χ4v) is 2.19. The summed E-state index contributed by atoms with van der Waals surface area (Å²) in [5.41, 5.74) is 0.933. The van der Waals surface area contributed by atoms with Crippen molar-refractivity contribution in [1.82, 2.24) is 5.32 Å². The third kappa shape index (κ3) is 5.74. The van der Waals surface area contributed by atoms with Crippen molar-refractivity contribution in [3.05, 3.63) is 23.8 Å². The lowest BCUT2D eigenvalue weighted by molar-refractivity contribution is -0.118. The molecule has 5 heteroatoms. The van der Waals surface area contributed by atoms with Crippen molar-refractivity contribution in [2.24, 2.45) is 0 Å². The molecule has 0 unspecified atom stereocenters. The van der Waals surface area contributed by atoms with E-state index in [1.54, 1.807) is 26.0 Å². The Bertz CT molecular complexity index is 455.